The van der Waals surface area contributed by atoms with Gasteiger partial charge in [-0.1, -0.05) is 32.3 Å². The average molecular weight is 465 g/mol. The molecule has 8 nitrogen and oxygen atoms in total. The lowest BCUT2D eigenvalue weighted by Crippen LogP contribution is -2.47. The fourth-order valence-electron chi connectivity index (χ4n) is 6.12. The molecule has 3 heterocycles. The Labute approximate surface area is 200 Å². The number of benzene rings is 1. The number of aryl methyl sites for hydroxylation is 1. The fourth-order valence-corrected chi connectivity index (χ4v) is 6.12. The third-order valence-electron chi connectivity index (χ3n) is 7.92. The first-order valence-electron chi connectivity index (χ1n) is 12.8. The van der Waals surface area contributed by atoms with Gasteiger partial charge >= 0.3 is 0 Å². The number of rotatable bonds is 7. The summed E-state index contributed by atoms with van der Waals surface area (Å²) in [6.45, 7) is 5.15. The number of aromatic nitrogens is 5. The second kappa shape index (κ2) is 9.96. The van der Waals surface area contributed by atoms with Crippen molar-refractivity contribution in [1.82, 2.24) is 30.1 Å². The fraction of sp³-hybridized carbons (Fsp3) is 0.615. The Morgan fingerprint density at radius 3 is 2.76 bits per heavy atom. The molecular weight excluding hydrogens is 428 g/mol. The van der Waals surface area contributed by atoms with Gasteiger partial charge in [-0.2, -0.15) is 0 Å². The number of methoxy groups -OCH3 is 1. The number of hydrogen-bond acceptors (Lipinski definition) is 6. The first kappa shape index (κ1) is 23.2. The molecule has 2 aliphatic rings. The minimum absolute atomic E-state index is 0.0636. The molecule has 3 aromatic rings. The van der Waals surface area contributed by atoms with Gasteiger partial charge in [-0.05, 0) is 83.6 Å². The standard InChI is InChI=1S/C26H36N6O2/c1-3-19-8-9-22-20(16-19)17-21(25(33)27-22)23(24-28-29-30-32(24)14-15-34-2)31-13-7-12-26(18-31)10-5-4-6-11-26/h8-9,16-17,23H,3-7,10-15,18H2,1-2H3,(H,27,33). The molecule has 1 aliphatic carbocycles. The molecule has 2 aromatic heterocycles. The Kier molecular flexibility index (Phi) is 6.79. The summed E-state index contributed by atoms with van der Waals surface area (Å²) in [5.41, 5.74) is 3.13. The topological polar surface area (TPSA) is 88.9 Å². The van der Waals surface area contributed by atoms with E-state index in [0.29, 0.717) is 18.6 Å². The zero-order valence-electron chi connectivity index (χ0n) is 20.4. The van der Waals surface area contributed by atoms with E-state index in [1.807, 2.05) is 10.7 Å². The van der Waals surface area contributed by atoms with Crippen molar-refractivity contribution in [1.29, 1.82) is 0 Å². The number of pyridine rings is 1. The molecule has 182 valence electrons. The van der Waals surface area contributed by atoms with Crippen LogP contribution in [0.4, 0.5) is 0 Å². The van der Waals surface area contributed by atoms with Gasteiger partial charge in [0.05, 0.1) is 13.2 Å². The van der Waals surface area contributed by atoms with Gasteiger partial charge in [0.15, 0.2) is 5.82 Å². The summed E-state index contributed by atoms with van der Waals surface area (Å²) in [5, 5.41) is 13.8. The number of nitrogens with zero attached hydrogens (tertiary/aromatic N) is 5. The maximum absolute atomic E-state index is 13.5. The zero-order chi connectivity index (χ0) is 23.5. The molecule has 1 spiro atoms. The number of ether oxygens (including phenoxy) is 1. The van der Waals surface area contributed by atoms with E-state index in [1.165, 1.54) is 44.1 Å². The van der Waals surface area contributed by atoms with Gasteiger partial charge in [-0.15, -0.1) is 5.10 Å². The minimum Gasteiger partial charge on any atom is -0.383 e. The van der Waals surface area contributed by atoms with E-state index < -0.39 is 0 Å². The van der Waals surface area contributed by atoms with Gasteiger partial charge in [0, 0.05) is 24.7 Å². The monoisotopic (exact) mass is 464 g/mol. The molecule has 5 rings (SSSR count). The highest BCUT2D eigenvalue weighted by molar-refractivity contribution is 5.80. The summed E-state index contributed by atoms with van der Waals surface area (Å²) < 4.78 is 7.11. The van der Waals surface area contributed by atoms with E-state index in [2.05, 4.69) is 50.5 Å². The van der Waals surface area contributed by atoms with Crippen molar-refractivity contribution in [2.75, 3.05) is 26.8 Å². The van der Waals surface area contributed by atoms with Crippen LogP contribution in [0, 0.1) is 5.41 Å². The van der Waals surface area contributed by atoms with Gasteiger partial charge in [-0.25, -0.2) is 4.68 Å². The molecule has 8 heteroatoms. The van der Waals surface area contributed by atoms with E-state index in [4.69, 9.17) is 4.74 Å². The normalized spacial score (nSPS) is 19.6. The van der Waals surface area contributed by atoms with Crippen LogP contribution in [0.5, 0.6) is 0 Å². The molecule has 2 fully saturated rings. The smallest absolute Gasteiger partial charge is 0.253 e. The SMILES string of the molecule is CCc1ccc2[nH]c(=O)c(C(c3nnnn3CCOC)N3CCCC4(CCCCC4)C3)cc2c1. The third-order valence-corrected chi connectivity index (χ3v) is 7.92. The molecule has 1 saturated heterocycles. The van der Waals surface area contributed by atoms with Crippen LogP contribution in [0.2, 0.25) is 0 Å². The molecule has 1 aliphatic heterocycles. The Bertz CT molecular complexity index is 1170. The van der Waals surface area contributed by atoms with Crippen LogP contribution in [-0.2, 0) is 17.7 Å². The number of piperidine rings is 1. The van der Waals surface area contributed by atoms with Gasteiger partial charge in [-0.3, -0.25) is 9.69 Å². The van der Waals surface area contributed by atoms with Crippen molar-refractivity contribution < 1.29 is 4.74 Å². The predicted molar refractivity (Wildman–Crippen MR) is 132 cm³/mol. The van der Waals surface area contributed by atoms with E-state index >= 15 is 0 Å². The highest BCUT2D eigenvalue weighted by Crippen LogP contribution is 2.45. The number of nitrogens with one attached hydrogen (secondary N) is 1. The Balaban J connectivity index is 1.61. The van der Waals surface area contributed by atoms with Gasteiger partial charge in [0.2, 0.25) is 0 Å². The molecule has 34 heavy (non-hydrogen) atoms. The Hall–Kier alpha value is -2.58. The summed E-state index contributed by atoms with van der Waals surface area (Å²) in [4.78, 5) is 19.1. The highest BCUT2D eigenvalue weighted by Gasteiger charge is 2.41. The molecule has 1 aromatic carbocycles. The lowest BCUT2D eigenvalue weighted by molar-refractivity contribution is 0.0335. The number of aromatic amines is 1. The maximum Gasteiger partial charge on any atom is 0.253 e. The molecule has 1 unspecified atom stereocenters. The lowest BCUT2D eigenvalue weighted by Gasteiger charge is -2.47. The molecule has 0 amide bonds. The van der Waals surface area contributed by atoms with Crippen molar-refractivity contribution in [2.45, 2.75) is 70.9 Å². The summed E-state index contributed by atoms with van der Waals surface area (Å²) in [6.07, 6.45) is 9.88. The summed E-state index contributed by atoms with van der Waals surface area (Å²) in [7, 11) is 1.68. The first-order valence-corrected chi connectivity index (χ1v) is 12.8. The Morgan fingerprint density at radius 1 is 1.15 bits per heavy atom. The number of H-pyrrole nitrogens is 1. The van der Waals surface area contributed by atoms with Crippen LogP contribution in [0.15, 0.2) is 29.1 Å². The predicted octanol–water partition coefficient (Wildman–Crippen LogP) is 3.86. The molecule has 1 saturated carbocycles. The quantitative estimate of drug-likeness (QED) is 0.571. The van der Waals surface area contributed by atoms with Crippen LogP contribution in [0.25, 0.3) is 10.9 Å². The van der Waals surface area contributed by atoms with E-state index in [9.17, 15) is 4.79 Å². The van der Waals surface area contributed by atoms with Crippen molar-refractivity contribution in [3.8, 4) is 0 Å². The van der Waals surface area contributed by atoms with Crippen molar-refractivity contribution in [3.63, 3.8) is 0 Å². The first-order chi connectivity index (χ1) is 16.6. The average Bonchev–Trinajstić information content (AvgIpc) is 3.31. The highest BCUT2D eigenvalue weighted by atomic mass is 16.5. The lowest BCUT2D eigenvalue weighted by atomic mass is 9.69. The summed E-state index contributed by atoms with van der Waals surface area (Å²) in [6, 6.07) is 8.05. The largest absolute Gasteiger partial charge is 0.383 e. The molecule has 0 radical (unpaired) electrons. The van der Waals surface area contributed by atoms with Gasteiger partial charge < -0.3 is 9.72 Å². The third kappa shape index (κ3) is 4.53. The zero-order valence-corrected chi connectivity index (χ0v) is 20.4. The van der Waals surface area contributed by atoms with Gasteiger partial charge in [0.25, 0.3) is 5.56 Å². The van der Waals surface area contributed by atoms with Crippen LogP contribution in [0.1, 0.15) is 74.9 Å². The second-order valence-corrected chi connectivity index (χ2v) is 10.1. The summed E-state index contributed by atoms with van der Waals surface area (Å²) >= 11 is 0. The number of tetrazole rings is 1. The minimum atomic E-state index is -0.288. The van der Waals surface area contributed by atoms with Crippen LogP contribution in [-0.4, -0.2) is 56.9 Å². The maximum atomic E-state index is 13.5. The van der Waals surface area contributed by atoms with Crippen molar-refractivity contribution in [3.05, 3.63) is 51.6 Å². The molecule has 1 N–H and O–H groups in total. The second-order valence-electron chi connectivity index (χ2n) is 10.1. The Morgan fingerprint density at radius 2 is 1.97 bits per heavy atom. The van der Waals surface area contributed by atoms with Crippen LogP contribution >= 0.6 is 0 Å². The van der Waals surface area contributed by atoms with E-state index in [1.54, 1.807) is 7.11 Å². The number of fused-ring (bicyclic) bond motifs is 1. The van der Waals surface area contributed by atoms with Crippen molar-refractivity contribution >= 4 is 10.9 Å². The molecule has 1 atom stereocenters. The molecular formula is C26H36N6O2. The number of likely N-dealkylation sites (tertiary alicyclic amines) is 1. The van der Waals surface area contributed by atoms with E-state index in [-0.39, 0.29) is 11.6 Å². The van der Waals surface area contributed by atoms with Gasteiger partial charge in [0.1, 0.15) is 6.04 Å². The summed E-state index contributed by atoms with van der Waals surface area (Å²) in [5.74, 6) is 0.724. The number of hydrogen-bond donors (Lipinski definition) is 1. The van der Waals surface area contributed by atoms with Crippen LogP contribution in [0.3, 0.4) is 0 Å². The van der Waals surface area contributed by atoms with E-state index in [0.717, 1.165) is 48.2 Å². The van der Waals surface area contributed by atoms with Crippen LogP contribution < -0.4 is 5.56 Å². The van der Waals surface area contributed by atoms with Crippen molar-refractivity contribution in [2.24, 2.45) is 5.41 Å². The molecule has 0 bridgehead atoms.